The molecular formula is C15H22N2O3S. The largest absolute Gasteiger partial charge is 0.326 e. The third-order valence-electron chi connectivity index (χ3n) is 3.97. The summed E-state index contributed by atoms with van der Waals surface area (Å²) < 4.78 is 25.9. The second-order valence-electron chi connectivity index (χ2n) is 5.95. The zero-order valence-electron chi connectivity index (χ0n) is 12.8. The van der Waals surface area contributed by atoms with Crippen molar-refractivity contribution >= 4 is 21.6 Å². The molecule has 2 atom stereocenters. The molecule has 116 valence electrons. The Hall–Kier alpha value is -1.40. The third-order valence-corrected chi connectivity index (χ3v) is 6.02. The maximum absolute atomic E-state index is 12.3. The van der Waals surface area contributed by atoms with E-state index in [1.54, 1.807) is 19.2 Å². The Morgan fingerprint density at radius 2 is 1.81 bits per heavy atom. The van der Waals surface area contributed by atoms with Crippen molar-refractivity contribution in [1.82, 2.24) is 4.31 Å². The van der Waals surface area contributed by atoms with Gasteiger partial charge >= 0.3 is 0 Å². The highest BCUT2D eigenvalue weighted by atomic mass is 32.2. The van der Waals surface area contributed by atoms with E-state index >= 15 is 0 Å². The van der Waals surface area contributed by atoms with Gasteiger partial charge in [0.15, 0.2) is 0 Å². The summed E-state index contributed by atoms with van der Waals surface area (Å²) in [5, 5.41) is 2.82. The van der Waals surface area contributed by atoms with E-state index in [2.05, 4.69) is 5.32 Å². The molecule has 0 radical (unpaired) electrons. The molecule has 0 aliphatic heterocycles. The molecule has 6 heteroatoms. The summed E-state index contributed by atoms with van der Waals surface area (Å²) in [5.41, 5.74) is 0.630. The first-order valence-electron chi connectivity index (χ1n) is 7.12. The minimum absolute atomic E-state index is 0.0115. The Kier molecular flexibility index (Phi) is 4.39. The number of carbonyl (C=O) groups excluding carboxylic acids is 1. The van der Waals surface area contributed by atoms with Crippen molar-refractivity contribution in [3.63, 3.8) is 0 Å². The van der Waals surface area contributed by atoms with Crippen LogP contribution < -0.4 is 5.32 Å². The quantitative estimate of drug-likeness (QED) is 0.907. The molecule has 0 bridgehead atoms. The molecule has 0 unspecified atom stereocenters. The van der Waals surface area contributed by atoms with Crippen molar-refractivity contribution in [2.24, 2.45) is 11.8 Å². The summed E-state index contributed by atoms with van der Waals surface area (Å²) in [6.45, 7) is 5.69. The smallest absolute Gasteiger partial charge is 0.243 e. The van der Waals surface area contributed by atoms with Gasteiger partial charge in [-0.1, -0.05) is 6.92 Å². The number of hydrogen-bond acceptors (Lipinski definition) is 3. The summed E-state index contributed by atoms with van der Waals surface area (Å²) >= 11 is 0. The molecule has 21 heavy (non-hydrogen) atoms. The van der Waals surface area contributed by atoms with Crippen molar-refractivity contribution in [1.29, 1.82) is 0 Å². The molecule has 0 saturated heterocycles. The molecule has 1 N–H and O–H groups in total. The molecule has 1 saturated carbocycles. The summed E-state index contributed by atoms with van der Waals surface area (Å²) in [4.78, 5) is 12.1. The van der Waals surface area contributed by atoms with Crippen LogP contribution in [0.5, 0.6) is 0 Å². The van der Waals surface area contributed by atoms with E-state index in [9.17, 15) is 13.2 Å². The lowest BCUT2D eigenvalue weighted by Gasteiger charge is -2.21. The zero-order chi connectivity index (χ0) is 15.8. The van der Waals surface area contributed by atoms with Gasteiger partial charge < -0.3 is 5.32 Å². The van der Waals surface area contributed by atoms with Gasteiger partial charge in [-0.25, -0.2) is 8.42 Å². The zero-order valence-corrected chi connectivity index (χ0v) is 13.6. The van der Waals surface area contributed by atoms with Gasteiger partial charge in [0.1, 0.15) is 0 Å². The first kappa shape index (κ1) is 16.0. The van der Waals surface area contributed by atoms with Crippen molar-refractivity contribution in [2.45, 2.75) is 38.1 Å². The minimum Gasteiger partial charge on any atom is -0.326 e. The normalized spacial score (nSPS) is 21.6. The number of benzene rings is 1. The van der Waals surface area contributed by atoms with Crippen LogP contribution in [-0.4, -0.2) is 31.7 Å². The fourth-order valence-corrected chi connectivity index (χ4v) is 3.44. The number of sulfonamides is 1. The van der Waals surface area contributed by atoms with Crippen LogP contribution in [0.1, 0.15) is 27.2 Å². The van der Waals surface area contributed by atoms with Crippen molar-refractivity contribution in [3.05, 3.63) is 24.3 Å². The lowest BCUT2D eigenvalue weighted by molar-refractivity contribution is -0.117. The van der Waals surface area contributed by atoms with Gasteiger partial charge in [-0.2, -0.15) is 4.31 Å². The highest BCUT2D eigenvalue weighted by Crippen LogP contribution is 2.38. The van der Waals surface area contributed by atoms with E-state index in [1.165, 1.54) is 16.4 Å². The Balaban J connectivity index is 2.10. The number of rotatable bonds is 5. The van der Waals surface area contributed by atoms with Crippen molar-refractivity contribution < 1.29 is 13.2 Å². The number of nitrogens with zero attached hydrogens (tertiary/aromatic N) is 1. The second-order valence-corrected chi connectivity index (χ2v) is 7.95. The topological polar surface area (TPSA) is 66.5 Å². The van der Waals surface area contributed by atoms with Gasteiger partial charge in [-0.15, -0.1) is 0 Å². The Morgan fingerprint density at radius 1 is 1.29 bits per heavy atom. The molecular weight excluding hydrogens is 288 g/mol. The van der Waals surface area contributed by atoms with Gasteiger partial charge in [0, 0.05) is 24.7 Å². The minimum atomic E-state index is -3.48. The third kappa shape index (κ3) is 3.44. The highest BCUT2D eigenvalue weighted by Gasteiger charge is 2.39. The molecule has 1 aromatic rings. The van der Waals surface area contributed by atoms with Crippen LogP contribution in [0.4, 0.5) is 5.69 Å². The van der Waals surface area contributed by atoms with Crippen LogP contribution in [0.3, 0.4) is 0 Å². The van der Waals surface area contributed by atoms with E-state index in [0.29, 0.717) is 11.6 Å². The molecule has 5 nitrogen and oxygen atoms in total. The van der Waals surface area contributed by atoms with Crippen LogP contribution in [0.2, 0.25) is 0 Å². The van der Waals surface area contributed by atoms with E-state index in [1.807, 2.05) is 20.8 Å². The van der Waals surface area contributed by atoms with Gasteiger partial charge in [0.25, 0.3) is 0 Å². The van der Waals surface area contributed by atoms with Crippen LogP contribution >= 0.6 is 0 Å². The predicted molar refractivity (Wildman–Crippen MR) is 82.4 cm³/mol. The number of carbonyl (C=O) groups is 1. The fourth-order valence-electron chi connectivity index (χ4n) is 2.08. The molecule has 1 fully saturated rings. The van der Waals surface area contributed by atoms with Crippen LogP contribution in [0, 0.1) is 11.8 Å². The van der Waals surface area contributed by atoms with Crippen molar-refractivity contribution in [3.8, 4) is 0 Å². The molecule has 2 rings (SSSR count). The van der Waals surface area contributed by atoms with Crippen LogP contribution in [-0.2, 0) is 14.8 Å². The predicted octanol–water partition coefficient (Wildman–Crippen LogP) is 2.31. The van der Waals surface area contributed by atoms with E-state index in [0.717, 1.165) is 6.42 Å². The Bertz CT molecular complexity index is 623. The summed E-state index contributed by atoms with van der Waals surface area (Å²) in [6.07, 6.45) is 0.928. The monoisotopic (exact) mass is 310 g/mol. The van der Waals surface area contributed by atoms with E-state index in [4.69, 9.17) is 0 Å². The maximum atomic E-state index is 12.3. The van der Waals surface area contributed by atoms with Crippen molar-refractivity contribution in [2.75, 3.05) is 12.4 Å². The molecule has 0 heterocycles. The first-order valence-corrected chi connectivity index (χ1v) is 8.56. The van der Waals surface area contributed by atoms with Crippen LogP contribution in [0.25, 0.3) is 0 Å². The number of hydrogen-bond donors (Lipinski definition) is 1. The highest BCUT2D eigenvalue weighted by molar-refractivity contribution is 7.89. The molecule has 1 aliphatic rings. The van der Waals surface area contributed by atoms with Gasteiger partial charge in [-0.05, 0) is 50.5 Å². The Morgan fingerprint density at radius 3 is 2.24 bits per heavy atom. The number of amides is 1. The summed E-state index contributed by atoms with van der Waals surface area (Å²) in [6, 6.07) is 6.21. The molecule has 0 spiro atoms. The molecule has 1 amide bonds. The van der Waals surface area contributed by atoms with Gasteiger partial charge in [0.05, 0.1) is 4.90 Å². The number of anilines is 1. The first-order chi connectivity index (χ1) is 9.73. The second kappa shape index (κ2) is 5.77. The summed E-state index contributed by atoms with van der Waals surface area (Å²) in [7, 11) is -1.92. The van der Waals surface area contributed by atoms with E-state index in [-0.39, 0.29) is 22.8 Å². The standard InChI is InChI=1S/C15H22N2O3S/c1-10(2)17(4)21(19,20)13-7-5-12(6-8-13)16-15(18)14-9-11(14)3/h5-8,10-11,14H,9H2,1-4H3,(H,16,18)/t11-,14+/m1/s1. The SMILES string of the molecule is CC(C)N(C)S(=O)(=O)c1ccc(NC(=O)[C@H]2C[C@H]2C)cc1. The fraction of sp³-hybridized carbons (Fsp3) is 0.533. The lowest BCUT2D eigenvalue weighted by atomic mass is 10.3. The van der Waals surface area contributed by atoms with Crippen LogP contribution in [0.15, 0.2) is 29.2 Å². The van der Waals surface area contributed by atoms with E-state index < -0.39 is 10.0 Å². The average Bonchev–Trinajstić information content (AvgIpc) is 3.15. The number of nitrogens with one attached hydrogen (secondary N) is 1. The molecule has 0 aromatic heterocycles. The molecule has 1 aliphatic carbocycles. The van der Waals surface area contributed by atoms with Gasteiger partial charge in [0.2, 0.25) is 15.9 Å². The van der Waals surface area contributed by atoms with Gasteiger partial charge in [-0.3, -0.25) is 4.79 Å². The maximum Gasteiger partial charge on any atom is 0.243 e. The lowest BCUT2D eigenvalue weighted by Crippen LogP contribution is -2.33. The average molecular weight is 310 g/mol. The molecule has 1 aromatic carbocycles. The Labute approximate surface area is 126 Å². The summed E-state index contributed by atoms with van der Waals surface area (Å²) in [5.74, 6) is 0.558.